The first-order chi connectivity index (χ1) is 24.3. The van der Waals surface area contributed by atoms with Crippen molar-refractivity contribution in [3.05, 3.63) is 99.0 Å². The molecule has 0 saturated carbocycles. The molecule has 4 amide bonds. The number of amides is 4. The van der Waals surface area contributed by atoms with Crippen molar-refractivity contribution in [1.82, 2.24) is 25.3 Å². The number of ether oxygens (including phenoxy) is 1. The van der Waals surface area contributed by atoms with Crippen LogP contribution in [-0.4, -0.2) is 78.4 Å². The van der Waals surface area contributed by atoms with E-state index in [9.17, 15) is 22.8 Å². The van der Waals surface area contributed by atoms with Crippen molar-refractivity contribution in [2.75, 3.05) is 45.9 Å². The summed E-state index contributed by atoms with van der Waals surface area (Å²) in [6, 6.07) is 16.1. The fraction of sp³-hybridized carbons (Fsp3) is 0.417. The molecule has 3 saturated heterocycles. The second-order valence-corrected chi connectivity index (χ2v) is 13.8. The van der Waals surface area contributed by atoms with Crippen molar-refractivity contribution in [2.45, 2.75) is 43.7 Å². The van der Waals surface area contributed by atoms with Crippen LogP contribution < -0.4 is 21.1 Å². The van der Waals surface area contributed by atoms with Gasteiger partial charge in [0, 0.05) is 60.8 Å². The lowest BCUT2D eigenvalue weighted by Crippen LogP contribution is -2.63. The van der Waals surface area contributed by atoms with Crippen molar-refractivity contribution in [2.24, 2.45) is 11.7 Å². The van der Waals surface area contributed by atoms with E-state index in [-0.39, 0.29) is 62.0 Å². The van der Waals surface area contributed by atoms with E-state index in [1.54, 1.807) is 45.9 Å². The second kappa shape index (κ2) is 14.9. The maximum atomic E-state index is 15.0. The van der Waals surface area contributed by atoms with E-state index < -0.39 is 35.4 Å². The van der Waals surface area contributed by atoms with Crippen molar-refractivity contribution in [3.63, 3.8) is 0 Å². The number of carbonyl (C=O) groups excluding carboxylic acids is 3. The standard InChI is InChI=1S/C36H39Cl2F3N6O4/c1-2-51-29-21-25(36(39,40)41)7-12-28(29)35(33(49)45-17-19-47(20-18-45)34(50)46-15-13-24(14-16-46)32(42)48)43-30(22-3-8-26(37)9-4-22)31(44-35)23-5-10-27(38)11-6-23/h3-12,21,24,30-31,43-44H,2,13-20H2,1H3,(H2,42,48). The molecule has 0 spiro atoms. The van der Waals surface area contributed by atoms with Crippen LogP contribution in [0.3, 0.4) is 0 Å². The number of piperazine rings is 1. The minimum atomic E-state index is -4.65. The van der Waals surface area contributed by atoms with Crippen LogP contribution in [0, 0.1) is 5.92 Å². The number of alkyl halides is 3. The van der Waals surface area contributed by atoms with Crippen LogP contribution in [0.4, 0.5) is 18.0 Å². The number of benzene rings is 3. The number of nitrogens with zero attached hydrogens (tertiary/aromatic N) is 3. The van der Waals surface area contributed by atoms with Gasteiger partial charge >= 0.3 is 12.2 Å². The van der Waals surface area contributed by atoms with Crippen LogP contribution in [0.15, 0.2) is 66.7 Å². The van der Waals surface area contributed by atoms with Crippen LogP contribution in [0.5, 0.6) is 5.75 Å². The Bertz CT molecular complexity index is 1690. The Kier molecular flexibility index (Phi) is 10.7. The summed E-state index contributed by atoms with van der Waals surface area (Å²) in [5.74, 6) is -1.16. The van der Waals surface area contributed by atoms with E-state index in [0.29, 0.717) is 36.0 Å². The fourth-order valence-corrected chi connectivity index (χ4v) is 7.39. The Morgan fingerprint density at radius 1 is 0.804 bits per heavy atom. The first-order valence-electron chi connectivity index (χ1n) is 16.8. The molecule has 2 atom stereocenters. The molecule has 51 heavy (non-hydrogen) atoms. The summed E-state index contributed by atoms with van der Waals surface area (Å²) in [7, 11) is 0. The number of urea groups is 1. The topological polar surface area (TPSA) is 120 Å². The number of hydrogen-bond acceptors (Lipinski definition) is 6. The predicted molar refractivity (Wildman–Crippen MR) is 186 cm³/mol. The van der Waals surface area contributed by atoms with Crippen molar-refractivity contribution < 1.29 is 32.3 Å². The second-order valence-electron chi connectivity index (χ2n) is 13.0. The van der Waals surface area contributed by atoms with Gasteiger partial charge in [0.15, 0.2) is 5.66 Å². The third kappa shape index (κ3) is 7.62. The zero-order chi connectivity index (χ0) is 36.5. The van der Waals surface area contributed by atoms with Gasteiger partial charge in [-0.25, -0.2) is 4.79 Å². The number of piperidine rings is 1. The lowest BCUT2D eigenvalue weighted by molar-refractivity contribution is -0.141. The number of carbonyl (C=O) groups is 3. The highest BCUT2D eigenvalue weighted by Crippen LogP contribution is 2.46. The Morgan fingerprint density at radius 3 is 1.76 bits per heavy atom. The minimum Gasteiger partial charge on any atom is -0.493 e. The van der Waals surface area contributed by atoms with Gasteiger partial charge in [0.2, 0.25) is 5.91 Å². The summed E-state index contributed by atoms with van der Waals surface area (Å²) in [5.41, 5.74) is 4.54. The highest BCUT2D eigenvalue weighted by molar-refractivity contribution is 6.30. The van der Waals surface area contributed by atoms with Crippen LogP contribution in [0.25, 0.3) is 0 Å². The van der Waals surface area contributed by atoms with Crippen molar-refractivity contribution in [3.8, 4) is 5.75 Å². The molecule has 3 heterocycles. The monoisotopic (exact) mass is 746 g/mol. The van der Waals surface area contributed by atoms with E-state index in [1.807, 2.05) is 24.3 Å². The van der Waals surface area contributed by atoms with Gasteiger partial charge in [0.05, 0.1) is 24.3 Å². The van der Waals surface area contributed by atoms with Crippen LogP contribution in [0.1, 0.15) is 54.1 Å². The summed E-state index contributed by atoms with van der Waals surface area (Å²) >= 11 is 12.5. The van der Waals surface area contributed by atoms with Gasteiger partial charge in [-0.15, -0.1) is 0 Å². The molecule has 272 valence electrons. The Labute approximate surface area is 304 Å². The number of halogens is 5. The van der Waals surface area contributed by atoms with Gasteiger partial charge in [-0.1, -0.05) is 53.5 Å². The molecule has 0 aromatic heterocycles. The van der Waals surface area contributed by atoms with Crippen LogP contribution in [-0.2, 0) is 21.4 Å². The maximum Gasteiger partial charge on any atom is 0.416 e. The summed E-state index contributed by atoms with van der Waals surface area (Å²) in [6.07, 6.45) is -3.65. The van der Waals surface area contributed by atoms with E-state index in [0.717, 1.165) is 23.3 Å². The summed E-state index contributed by atoms with van der Waals surface area (Å²) < 4.78 is 47.7. The lowest BCUT2D eigenvalue weighted by atomic mass is 9.94. The summed E-state index contributed by atoms with van der Waals surface area (Å²) in [5, 5.41) is 8.04. The quantitative estimate of drug-likeness (QED) is 0.286. The Morgan fingerprint density at radius 2 is 1.29 bits per heavy atom. The minimum absolute atomic E-state index is 0.0529. The molecule has 2 unspecified atom stereocenters. The number of nitrogens with one attached hydrogen (secondary N) is 2. The summed E-state index contributed by atoms with van der Waals surface area (Å²) in [6.45, 7) is 3.37. The van der Waals surface area contributed by atoms with Gasteiger partial charge in [0.25, 0.3) is 5.91 Å². The van der Waals surface area contributed by atoms with Crippen LogP contribution >= 0.6 is 23.2 Å². The molecule has 3 aromatic rings. The Balaban J connectivity index is 1.36. The fourth-order valence-electron chi connectivity index (χ4n) is 7.14. The van der Waals surface area contributed by atoms with Crippen molar-refractivity contribution >= 4 is 41.0 Å². The van der Waals surface area contributed by atoms with Crippen molar-refractivity contribution in [1.29, 1.82) is 0 Å². The zero-order valence-electron chi connectivity index (χ0n) is 27.9. The molecule has 0 bridgehead atoms. The molecule has 4 N–H and O–H groups in total. The van der Waals surface area contributed by atoms with E-state index in [1.165, 1.54) is 6.07 Å². The maximum absolute atomic E-state index is 15.0. The number of primary amides is 1. The zero-order valence-corrected chi connectivity index (χ0v) is 29.4. The van der Waals surface area contributed by atoms with Gasteiger partial charge in [-0.05, 0) is 67.3 Å². The molecule has 10 nitrogen and oxygen atoms in total. The average Bonchev–Trinajstić information content (AvgIpc) is 3.53. The average molecular weight is 748 g/mol. The molecule has 6 rings (SSSR count). The largest absolute Gasteiger partial charge is 0.493 e. The lowest BCUT2D eigenvalue weighted by Gasteiger charge is -2.42. The first kappa shape index (κ1) is 36.7. The summed E-state index contributed by atoms with van der Waals surface area (Å²) in [4.78, 5) is 45.0. The van der Waals surface area contributed by atoms with E-state index in [4.69, 9.17) is 33.7 Å². The SMILES string of the molecule is CCOc1cc(C(F)(F)F)ccc1C1(C(=O)N2CCN(C(=O)N3CCC(C(N)=O)CC3)CC2)NC(c2ccc(Cl)cc2)C(c2ccc(Cl)cc2)N1. The van der Waals surface area contributed by atoms with Gasteiger partial charge in [0.1, 0.15) is 5.75 Å². The molecular weight excluding hydrogens is 708 g/mol. The molecule has 3 aromatic carbocycles. The first-order valence-corrected chi connectivity index (χ1v) is 17.6. The highest BCUT2D eigenvalue weighted by Gasteiger charge is 2.55. The molecule has 3 fully saturated rings. The predicted octanol–water partition coefficient (Wildman–Crippen LogP) is 5.70. The van der Waals surface area contributed by atoms with Gasteiger partial charge in [-0.2, -0.15) is 13.2 Å². The highest BCUT2D eigenvalue weighted by atomic mass is 35.5. The Hall–Kier alpha value is -4.04. The molecule has 0 radical (unpaired) electrons. The van der Waals surface area contributed by atoms with Crippen LogP contribution in [0.2, 0.25) is 10.0 Å². The third-order valence-corrected chi connectivity index (χ3v) is 10.4. The number of rotatable bonds is 7. The molecular formula is C36H39Cl2F3N6O4. The molecule has 3 aliphatic rings. The smallest absolute Gasteiger partial charge is 0.416 e. The number of nitrogens with two attached hydrogens (primary N) is 1. The molecule has 3 aliphatic heterocycles. The van der Waals surface area contributed by atoms with Gasteiger partial charge < -0.3 is 25.2 Å². The van der Waals surface area contributed by atoms with Gasteiger partial charge in [-0.3, -0.25) is 20.2 Å². The van der Waals surface area contributed by atoms with E-state index in [2.05, 4.69) is 10.6 Å². The third-order valence-electron chi connectivity index (χ3n) is 9.87. The van der Waals surface area contributed by atoms with E-state index >= 15 is 4.79 Å². The normalized spacial score (nSPS) is 23.0. The number of likely N-dealkylation sites (tertiary alicyclic amines) is 1. The molecule has 0 aliphatic carbocycles. The molecule has 15 heteroatoms. The number of hydrogen-bond donors (Lipinski definition) is 3.